The van der Waals surface area contributed by atoms with Crippen LogP contribution in [-0.2, 0) is 9.84 Å². The zero-order chi connectivity index (χ0) is 23.6. The van der Waals surface area contributed by atoms with Crippen LogP contribution in [0.15, 0.2) is 58.4 Å². The number of sulfone groups is 1. The zero-order valence-electron chi connectivity index (χ0n) is 18.2. The molecule has 0 radical (unpaired) electrons. The summed E-state index contributed by atoms with van der Waals surface area (Å²) in [6.07, 6.45) is 2.86. The summed E-state index contributed by atoms with van der Waals surface area (Å²) in [5.74, 6) is -1.83. The van der Waals surface area contributed by atoms with E-state index in [1.165, 1.54) is 24.4 Å². The number of nitrogens with zero attached hydrogens (tertiary/aromatic N) is 2. The molecule has 0 spiro atoms. The van der Waals surface area contributed by atoms with Crippen LogP contribution in [-0.4, -0.2) is 30.6 Å². The van der Waals surface area contributed by atoms with E-state index in [0.29, 0.717) is 23.5 Å². The molecule has 32 heavy (non-hydrogen) atoms. The van der Waals surface area contributed by atoms with Gasteiger partial charge in [0.15, 0.2) is 27.2 Å². The molecule has 1 atom stereocenters. The monoisotopic (exact) mass is 462 g/mol. The van der Waals surface area contributed by atoms with Crippen molar-refractivity contribution in [1.29, 1.82) is 0 Å². The van der Waals surface area contributed by atoms with Crippen LogP contribution >= 0.6 is 0 Å². The Morgan fingerprint density at radius 3 is 2.25 bits per heavy atom. The predicted molar refractivity (Wildman–Crippen MR) is 118 cm³/mol. The van der Waals surface area contributed by atoms with Gasteiger partial charge in [0, 0.05) is 17.9 Å². The first-order valence-corrected chi connectivity index (χ1v) is 11.9. The second-order valence-electron chi connectivity index (χ2n) is 8.06. The molecule has 0 fully saturated rings. The second-order valence-corrected chi connectivity index (χ2v) is 10.1. The lowest BCUT2D eigenvalue weighted by Gasteiger charge is -2.19. The lowest BCUT2D eigenvalue weighted by atomic mass is 10.1. The molecule has 1 unspecified atom stereocenters. The number of hydrogen-bond donors (Lipinski definition) is 0. The molecule has 0 saturated heterocycles. The van der Waals surface area contributed by atoms with Gasteiger partial charge in [0.2, 0.25) is 0 Å². The molecule has 3 rings (SSSR count). The molecule has 3 aromatic rings. The highest BCUT2D eigenvalue weighted by Crippen LogP contribution is 2.29. The molecule has 0 bridgehead atoms. The quantitative estimate of drug-likeness (QED) is 0.520. The van der Waals surface area contributed by atoms with Gasteiger partial charge in [-0.1, -0.05) is 26.0 Å². The second kappa shape index (κ2) is 9.20. The maximum atomic E-state index is 13.7. The first-order valence-electron chi connectivity index (χ1n) is 10.0. The third kappa shape index (κ3) is 5.21. The highest BCUT2D eigenvalue weighted by atomic mass is 32.2. The number of ether oxygens (including phenoxy) is 1. The van der Waals surface area contributed by atoms with E-state index < -0.39 is 27.0 Å². The first kappa shape index (κ1) is 23.6. The molecular formula is C23H24F2N2O4S. The van der Waals surface area contributed by atoms with Crippen LogP contribution in [0.1, 0.15) is 27.2 Å². The maximum absolute atomic E-state index is 13.7. The molecular weight excluding hydrogens is 438 g/mol. The molecule has 6 nitrogen and oxygen atoms in total. The van der Waals surface area contributed by atoms with Crippen molar-refractivity contribution in [1.82, 2.24) is 9.78 Å². The largest absolute Gasteiger partial charge is 0.484 e. The smallest absolute Gasteiger partial charge is 0.314 e. The van der Waals surface area contributed by atoms with E-state index in [-0.39, 0.29) is 22.4 Å². The molecule has 1 heterocycles. The Labute approximate surface area is 185 Å². The fraction of sp³-hybridized carbons (Fsp3) is 0.304. The molecule has 1 aromatic heterocycles. The van der Waals surface area contributed by atoms with Gasteiger partial charge >= 0.3 is 5.56 Å². The molecule has 0 amide bonds. The van der Waals surface area contributed by atoms with Crippen molar-refractivity contribution >= 4 is 9.84 Å². The zero-order valence-corrected chi connectivity index (χ0v) is 19.0. The molecule has 9 heteroatoms. The van der Waals surface area contributed by atoms with Gasteiger partial charge in [0.1, 0.15) is 0 Å². The molecule has 0 saturated carbocycles. The van der Waals surface area contributed by atoms with Crippen LogP contribution in [0.2, 0.25) is 0 Å². The molecule has 0 aliphatic heterocycles. The SMILES string of the molecule is CC(C)CC(C)Oc1c(-c2ccc(S(C)(=O)=O)cc2)cnn(-c2ccc(F)c(F)c2)c1=O. The van der Waals surface area contributed by atoms with E-state index >= 15 is 0 Å². The fourth-order valence-corrected chi connectivity index (χ4v) is 3.98. The Bertz CT molecular complexity index is 1290. The summed E-state index contributed by atoms with van der Waals surface area (Å²) in [5.41, 5.74) is 0.307. The standard InChI is InChI=1S/C23H24F2N2O4S/c1-14(2)11-15(3)31-22-19(16-5-8-18(9-6-16)32(4,29)30)13-26-27(23(22)28)17-7-10-20(24)21(25)12-17/h5-10,12-15H,11H2,1-4H3. The number of rotatable bonds is 7. The summed E-state index contributed by atoms with van der Waals surface area (Å²) in [7, 11) is -3.38. The van der Waals surface area contributed by atoms with Crippen LogP contribution in [0.3, 0.4) is 0 Å². The lowest BCUT2D eigenvalue weighted by Crippen LogP contribution is -2.27. The predicted octanol–water partition coefficient (Wildman–Crippen LogP) is 4.39. The Hall–Kier alpha value is -3.07. The fourth-order valence-electron chi connectivity index (χ4n) is 3.35. The molecule has 0 aliphatic rings. The van der Waals surface area contributed by atoms with E-state index in [2.05, 4.69) is 5.10 Å². The number of halogens is 2. The summed E-state index contributed by atoms with van der Waals surface area (Å²) in [6.45, 7) is 5.88. The van der Waals surface area contributed by atoms with Crippen molar-refractivity contribution in [2.45, 2.75) is 38.2 Å². The van der Waals surface area contributed by atoms with Gasteiger partial charge in [-0.05, 0) is 49.1 Å². The minimum absolute atomic E-state index is 0.00927. The minimum atomic E-state index is -3.38. The van der Waals surface area contributed by atoms with Gasteiger partial charge in [-0.2, -0.15) is 9.78 Å². The van der Waals surface area contributed by atoms with Crippen LogP contribution in [0.25, 0.3) is 16.8 Å². The van der Waals surface area contributed by atoms with Crippen LogP contribution in [0, 0.1) is 17.6 Å². The lowest BCUT2D eigenvalue weighted by molar-refractivity contribution is 0.190. The third-order valence-corrected chi connectivity index (χ3v) is 5.93. The Morgan fingerprint density at radius 2 is 1.69 bits per heavy atom. The maximum Gasteiger partial charge on any atom is 0.314 e. The van der Waals surface area contributed by atoms with Crippen molar-refractivity contribution in [2.24, 2.45) is 5.92 Å². The van der Waals surface area contributed by atoms with Gasteiger partial charge in [-0.25, -0.2) is 17.2 Å². The van der Waals surface area contributed by atoms with E-state index in [4.69, 9.17) is 4.74 Å². The number of hydrogen-bond acceptors (Lipinski definition) is 5. The Morgan fingerprint density at radius 1 is 1.03 bits per heavy atom. The average Bonchev–Trinajstić information content (AvgIpc) is 2.70. The number of aromatic nitrogens is 2. The van der Waals surface area contributed by atoms with Crippen LogP contribution in [0.5, 0.6) is 5.75 Å². The van der Waals surface area contributed by atoms with E-state index in [1.807, 2.05) is 20.8 Å². The van der Waals surface area contributed by atoms with Gasteiger partial charge in [-0.15, -0.1) is 0 Å². The summed E-state index contributed by atoms with van der Waals surface area (Å²) in [4.78, 5) is 13.4. The van der Waals surface area contributed by atoms with Crippen molar-refractivity contribution in [3.63, 3.8) is 0 Å². The van der Waals surface area contributed by atoms with Gasteiger partial charge in [0.25, 0.3) is 0 Å². The summed E-state index contributed by atoms with van der Waals surface area (Å²) < 4.78 is 57.5. The summed E-state index contributed by atoms with van der Waals surface area (Å²) in [5, 5.41) is 4.11. The van der Waals surface area contributed by atoms with Crippen LogP contribution < -0.4 is 10.3 Å². The topological polar surface area (TPSA) is 78.3 Å². The number of benzene rings is 2. The summed E-state index contributed by atoms with van der Waals surface area (Å²) >= 11 is 0. The first-order chi connectivity index (χ1) is 15.0. The Kier molecular flexibility index (Phi) is 6.78. The molecule has 170 valence electrons. The van der Waals surface area contributed by atoms with E-state index in [0.717, 1.165) is 23.1 Å². The van der Waals surface area contributed by atoms with Crippen LogP contribution in [0.4, 0.5) is 8.78 Å². The molecule has 0 aliphatic carbocycles. The highest BCUT2D eigenvalue weighted by molar-refractivity contribution is 7.90. The Balaban J connectivity index is 2.15. The van der Waals surface area contributed by atoms with Crippen molar-refractivity contribution in [2.75, 3.05) is 6.26 Å². The van der Waals surface area contributed by atoms with Gasteiger partial charge < -0.3 is 4.74 Å². The highest BCUT2D eigenvalue weighted by Gasteiger charge is 2.20. The third-order valence-electron chi connectivity index (χ3n) is 4.80. The van der Waals surface area contributed by atoms with E-state index in [9.17, 15) is 22.0 Å². The van der Waals surface area contributed by atoms with Gasteiger partial charge in [-0.3, -0.25) is 4.79 Å². The normalized spacial score (nSPS) is 12.7. The van der Waals surface area contributed by atoms with Crippen molar-refractivity contribution < 1.29 is 21.9 Å². The average molecular weight is 463 g/mol. The van der Waals surface area contributed by atoms with Crippen molar-refractivity contribution in [3.05, 3.63) is 70.6 Å². The molecule has 2 aromatic carbocycles. The van der Waals surface area contributed by atoms with Crippen molar-refractivity contribution in [3.8, 4) is 22.6 Å². The van der Waals surface area contributed by atoms with Gasteiger partial charge in [0.05, 0.1) is 22.9 Å². The van der Waals surface area contributed by atoms with E-state index in [1.54, 1.807) is 12.1 Å². The minimum Gasteiger partial charge on any atom is -0.484 e. The summed E-state index contributed by atoms with van der Waals surface area (Å²) in [6, 6.07) is 9.04. The molecule has 0 N–H and O–H groups in total.